The van der Waals surface area contributed by atoms with Crippen molar-refractivity contribution in [3.05, 3.63) is 16.2 Å². The fourth-order valence-electron chi connectivity index (χ4n) is 0.923. The Labute approximate surface area is 90.1 Å². The molecule has 0 saturated carbocycles. The first-order chi connectivity index (χ1) is 6.86. The van der Waals surface area contributed by atoms with E-state index in [0.717, 1.165) is 17.4 Å². The second kappa shape index (κ2) is 4.13. The van der Waals surface area contributed by atoms with Crippen molar-refractivity contribution < 1.29 is 13.3 Å². The highest BCUT2D eigenvalue weighted by Crippen LogP contribution is 2.36. The average molecular weight is 251 g/mol. The van der Waals surface area contributed by atoms with Gasteiger partial charge in [-0.1, -0.05) is 11.3 Å². The summed E-state index contributed by atoms with van der Waals surface area (Å²) in [5, 5.41) is 18.3. The Morgan fingerprint density at radius 3 is 2.67 bits per heavy atom. The van der Waals surface area contributed by atoms with Crippen molar-refractivity contribution in [2.75, 3.05) is 11.9 Å². The molecule has 7 nitrogen and oxygen atoms in total. The molecule has 3 N–H and O–H groups in total. The maximum atomic E-state index is 11.0. The molecule has 0 spiro atoms. The third-order valence-electron chi connectivity index (χ3n) is 1.50. The van der Waals surface area contributed by atoms with Gasteiger partial charge in [0.2, 0.25) is 10.0 Å². The summed E-state index contributed by atoms with van der Waals surface area (Å²) in [6, 6.07) is 0.956. The molecule has 0 amide bonds. The van der Waals surface area contributed by atoms with Crippen LogP contribution in [0, 0.1) is 10.1 Å². The molecule has 0 aliphatic heterocycles. The van der Waals surface area contributed by atoms with Crippen molar-refractivity contribution in [2.24, 2.45) is 5.14 Å². The monoisotopic (exact) mass is 251 g/mol. The molecule has 9 heteroatoms. The van der Waals surface area contributed by atoms with Crippen LogP contribution < -0.4 is 10.5 Å². The van der Waals surface area contributed by atoms with Crippen LogP contribution in [-0.4, -0.2) is 19.9 Å². The van der Waals surface area contributed by atoms with Gasteiger partial charge in [-0.25, -0.2) is 13.6 Å². The minimum atomic E-state index is -3.88. The molecule has 15 heavy (non-hydrogen) atoms. The van der Waals surface area contributed by atoms with Gasteiger partial charge < -0.3 is 5.32 Å². The highest BCUT2D eigenvalue weighted by atomic mass is 32.2. The summed E-state index contributed by atoms with van der Waals surface area (Å²) < 4.78 is 21.7. The van der Waals surface area contributed by atoms with Gasteiger partial charge in [-0.05, 0) is 6.92 Å². The van der Waals surface area contributed by atoms with E-state index < -0.39 is 14.9 Å². The molecule has 1 rings (SSSR count). The Kier molecular flexibility index (Phi) is 3.27. The summed E-state index contributed by atoms with van der Waals surface area (Å²) in [6.45, 7) is 2.21. The van der Waals surface area contributed by atoms with Gasteiger partial charge in [0, 0.05) is 12.6 Å². The summed E-state index contributed by atoms with van der Waals surface area (Å²) >= 11 is 0.754. The maximum absolute atomic E-state index is 11.0. The molecular weight excluding hydrogens is 242 g/mol. The van der Waals surface area contributed by atoms with Crippen LogP contribution in [0.1, 0.15) is 6.92 Å². The van der Waals surface area contributed by atoms with Crippen molar-refractivity contribution in [1.82, 2.24) is 0 Å². The number of nitrogens with zero attached hydrogens (tertiary/aromatic N) is 1. The van der Waals surface area contributed by atoms with E-state index in [0.29, 0.717) is 6.54 Å². The number of hydrogen-bond donors (Lipinski definition) is 2. The summed E-state index contributed by atoms with van der Waals surface area (Å²) in [5.41, 5.74) is -0.272. The third-order valence-corrected chi connectivity index (χ3v) is 4.01. The Morgan fingerprint density at radius 1 is 1.67 bits per heavy atom. The number of nitro groups is 1. The minimum absolute atomic E-state index is 0.200. The quantitative estimate of drug-likeness (QED) is 0.604. The minimum Gasteiger partial charge on any atom is -0.372 e. The zero-order valence-electron chi connectivity index (χ0n) is 7.76. The normalized spacial score (nSPS) is 11.3. The highest BCUT2D eigenvalue weighted by molar-refractivity contribution is 7.91. The van der Waals surface area contributed by atoms with E-state index in [1.54, 1.807) is 6.92 Å². The number of anilines is 1. The van der Waals surface area contributed by atoms with Gasteiger partial charge in [0.1, 0.15) is 4.21 Å². The number of primary sulfonamides is 1. The molecule has 1 heterocycles. The molecule has 0 saturated heterocycles. The second-order valence-corrected chi connectivity index (χ2v) is 5.45. The molecule has 0 atom stereocenters. The molecule has 0 radical (unpaired) electrons. The van der Waals surface area contributed by atoms with Crippen molar-refractivity contribution in [1.29, 1.82) is 0 Å². The summed E-state index contributed by atoms with van der Waals surface area (Å²) in [6.07, 6.45) is 0. The van der Waals surface area contributed by atoms with E-state index in [1.807, 2.05) is 0 Å². The first-order valence-electron chi connectivity index (χ1n) is 3.91. The van der Waals surface area contributed by atoms with Gasteiger partial charge in [0.25, 0.3) is 0 Å². The molecule has 84 valence electrons. The van der Waals surface area contributed by atoms with E-state index in [9.17, 15) is 18.5 Å². The SMILES string of the molecule is CCNc1sc(S(N)(=O)=O)cc1[N+](=O)[O-]. The Morgan fingerprint density at radius 2 is 2.27 bits per heavy atom. The number of nitrogens with one attached hydrogen (secondary N) is 1. The first-order valence-corrected chi connectivity index (χ1v) is 6.27. The number of thiophene rings is 1. The molecule has 0 aromatic carbocycles. The molecular formula is C6H9N3O4S2. The van der Waals surface area contributed by atoms with E-state index in [-0.39, 0.29) is 14.9 Å². The Hall–Kier alpha value is -1.19. The average Bonchev–Trinajstić information content (AvgIpc) is 2.48. The van der Waals surface area contributed by atoms with Gasteiger partial charge in [0.15, 0.2) is 5.00 Å². The van der Waals surface area contributed by atoms with Gasteiger partial charge in [-0.3, -0.25) is 10.1 Å². The Bertz CT molecular complexity index is 479. The van der Waals surface area contributed by atoms with Crippen LogP contribution in [0.5, 0.6) is 0 Å². The summed E-state index contributed by atoms with van der Waals surface area (Å²) in [5.74, 6) is 0. The molecule has 0 unspecified atom stereocenters. The van der Waals surface area contributed by atoms with Crippen molar-refractivity contribution in [3.63, 3.8) is 0 Å². The van der Waals surface area contributed by atoms with Gasteiger partial charge in [-0.15, -0.1) is 0 Å². The van der Waals surface area contributed by atoms with Crippen LogP contribution in [0.4, 0.5) is 10.7 Å². The standard InChI is InChI=1S/C6H9N3O4S2/c1-2-8-6-4(9(10)11)3-5(14-6)15(7,12)13/h3,8H,2H2,1H3,(H2,7,12,13). The summed E-state index contributed by atoms with van der Waals surface area (Å²) in [7, 11) is -3.88. The largest absolute Gasteiger partial charge is 0.372 e. The zero-order chi connectivity index (χ0) is 11.6. The number of sulfonamides is 1. The van der Waals surface area contributed by atoms with E-state index >= 15 is 0 Å². The lowest BCUT2D eigenvalue weighted by atomic mass is 10.5. The fraction of sp³-hybridized carbons (Fsp3) is 0.333. The van der Waals surface area contributed by atoms with Crippen molar-refractivity contribution in [2.45, 2.75) is 11.1 Å². The smallest absolute Gasteiger partial charge is 0.304 e. The van der Waals surface area contributed by atoms with E-state index in [2.05, 4.69) is 5.32 Å². The first kappa shape index (κ1) is 11.9. The molecule has 0 aliphatic rings. The highest BCUT2D eigenvalue weighted by Gasteiger charge is 2.23. The zero-order valence-corrected chi connectivity index (χ0v) is 9.39. The lowest BCUT2D eigenvalue weighted by molar-refractivity contribution is -0.383. The van der Waals surface area contributed by atoms with Crippen LogP contribution in [0.25, 0.3) is 0 Å². The van der Waals surface area contributed by atoms with Crippen LogP contribution in [0.3, 0.4) is 0 Å². The number of nitrogens with two attached hydrogens (primary N) is 1. The molecule has 0 aliphatic carbocycles. The predicted molar refractivity (Wildman–Crippen MR) is 56.5 cm³/mol. The van der Waals surface area contributed by atoms with Gasteiger partial charge in [0.05, 0.1) is 4.92 Å². The van der Waals surface area contributed by atoms with Gasteiger partial charge >= 0.3 is 5.69 Å². The fourth-order valence-corrected chi connectivity index (χ4v) is 2.74. The van der Waals surface area contributed by atoms with Crippen LogP contribution >= 0.6 is 11.3 Å². The second-order valence-electron chi connectivity index (χ2n) is 2.61. The van der Waals surface area contributed by atoms with Crippen molar-refractivity contribution >= 4 is 32.0 Å². The van der Waals surface area contributed by atoms with Crippen LogP contribution in [-0.2, 0) is 10.0 Å². The lowest BCUT2D eigenvalue weighted by Gasteiger charge is -1.96. The van der Waals surface area contributed by atoms with Crippen LogP contribution in [0.15, 0.2) is 10.3 Å². The lowest BCUT2D eigenvalue weighted by Crippen LogP contribution is -2.09. The van der Waals surface area contributed by atoms with Crippen LogP contribution in [0.2, 0.25) is 0 Å². The molecule has 1 aromatic heterocycles. The maximum Gasteiger partial charge on any atom is 0.304 e. The topological polar surface area (TPSA) is 115 Å². The summed E-state index contributed by atoms with van der Waals surface area (Å²) in [4.78, 5) is 9.92. The molecule has 0 fully saturated rings. The predicted octanol–water partition coefficient (Wildman–Crippen LogP) is 0.736. The number of rotatable bonds is 4. The van der Waals surface area contributed by atoms with E-state index in [4.69, 9.17) is 5.14 Å². The molecule has 1 aromatic rings. The third kappa shape index (κ3) is 2.64. The van der Waals surface area contributed by atoms with Gasteiger partial charge in [-0.2, -0.15) is 0 Å². The van der Waals surface area contributed by atoms with E-state index in [1.165, 1.54) is 0 Å². The number of hydrogen-bond acceptors (Lipinski definition) is 6. The van der Waals surface area contributed by atoms with Crippen molar-refractivity contribution in [3.8, 4) is 0 Å². The molecule has 0 bridgehead atoms. The Balaban J connectivity index is 3.27.